The van der Waals surface area contributed by atoms with Gasteiger partial charge in [0, 0.05) is 34.7 Å². The topological polar surface area (TPSA) is 75.7 Å². The van der Waals surface area contributed by atoms with Crippen molar-refractivity contribution in [1.82, 2.24) is 0 Å². The summed E-state index contributed by atoms with van der Waals surface area (Å²) in [7, 11) is 1.30. The zero-order valence-corrected chi connectivity index (χ0v) is 20.3. The molecule has 8 heteroatoms. The van der Waals surface area contributed by atoms with Crippen molar-refractivity contribution in [3.05, 3.63) is 68.8 Å². The molecule has 4 rings (SSSR count). The van der Waals surface area contributed by atoms with Gasteiger partial charge < -0.3 is 10.1 Å². The predicted octanol–water partition coefficient (Wildman–Crippen LogP) is 6.58. The van der Waals surface area contributed by atoms with Crippen LogP contribution in [0.3, 0.4) is 0 Å². The van der Waals surface area contributed by atoms with Gasteiger partial charge in [-0.05, 0) is 47.7 Å². The standard InChI is InChI=1S/C25H24Cl2N2O4.CH4/c1-13(30)29-20-9-14(24(32)33-4)5-8-18(20)28-19-11-25(2,3)12-21(31)22(19)23(29)16-7-6-15(26)10-17(16)27;/h5-10,23,28H,11-12H2,1-4H3;1H4. The fourth-order valence-corrected chi connectivity index (χ4v) is 5.16. The van der Waals surface area contributed by atoms with Crippen LogP contribution in [0.2, 0.25) is 10.0 Å². The molecule has 1 aliphatic carbocycles. The molecule has 2 aromatic rings. The van der Waals surface area contributed by atoms with Crippen molar-refractivity contribution in [3.63, 3.8) is 0 Å². The van der Waals surface area contributed by atoms with Crippen LogP contribution in [-0.4, -0.2) is 24.8 Å². The van der Waals surface area contributed by atoms with Gasteiger partial charge in [-0.2, -0.15) is 0 Å². The van der Waals surface area contributed by atoms with E-state index < -0.39 is 12.0 Å². The number of carbonyl (C=O) groups is 3. The lowest BCUT2D eigenvalue weighted by Gasteiger charge is -2.37. The van der Waals surface area contributed by atoms with Crippen LogP contribution in [0.15, 0.2) is 47.7 Å². The van der Waals surface area contributed by atoms with E-state index in [2.05, 4.69) is 5.32 Å². The van der Waals surface area contributed by atoms with Crippen LogP contribution >= 0.6 is 23.2 Å². The van der Waals surface area contributed by atoms with Crippen LogP contribution in [0.5, 0.6) is 0 Å². The molecule has 0 aromatic heterocycles. The minimum atomic E-state index is -0.785. The lowest BCUT2D eigenvalue weighted by molar-refractivity contribution is -0.118. The Labute approximate surface area is 209 Å². The van der Waals surface area contributed by atoms with Crippen LogP contribution < -0.4 is 10.2 Å². The monoisotopic (exact) mass is 502 g/mol. The van der Waals surface area contributed by atoms with Crippen molar-refractivity contribution in [2.45, 2.75) is 47.1 Å². The summed E-state index contributed by atoms with van der Waals surface area (Å²) in [5, 5.41) is 4.18. The van der Waals surface area contributed by atoms with Gasteiger partial charge in [0.25, 0.3) is 0 Å². The molecule has 1 unspecified atom stereocenters. The molecule has 0 radical (unpaired) electrons. The van der Waals surface area contributed by atoms with E-state index in [1.165, 1.54) is 18.9 Å². The van der Waals surface area contributed by atoms with Crippen molar-refractivity contribution in [3.8, 4) is 0 Å². The molecule has 2 aromatic carbocycles. The molecule has 6 nitrogen and oxygen atoms in total. The predicted molar refractivity (Wildman–Crippen MR) is 136 cm³/mol. The number of fused-ring (bicyclic) bond motifs is 1. The number of esters is 1. The Hall–Kier alpha value is -2.83. The second-order valence-electron chi connectivity index (χ2n) is 9.14. The van der Waals surface area contributed by atoms with E-state index in [1.54, 1.807) is 36.4 Å². The number of allylic oxidation sites excluding steroid dienone is 1. The first-order chi connectivity index (χ1) is 15.5. The third-order valence-electron chi connectivity index (χ3n) is 6.01. The van der Waals surface area contributed by atoms with Crippen molar-refractivity contribution < 1.29 is 19.1 Å². The number of nitrogens with zero attached hydrogens (tertiary/aromatic N) is 1. The van der Waals surface area contributed by atoms with E-state index in [9.17, 15) is 14.4 Å². The van der Waals surface area contributed by atoms with Crippen LogP contribution in [0.1, 0.15) is 63.0 Å². The molecular formula is C26H28Cl2N2O4. The summed E-state index contributed by atoms with van der Waals surface area (Å²) in [5.74, 6) is -0.888. The average Bonchev–Trinajstić information content (AvgIpc) is 2.85. The second-order valence-corrected chi connectivity index (χ2v) is 9.98. The number of methoxy groups -OCH3 is 1. The first-order valence-corrected chi connectivity index (χ1v) is 11.3. The number of ketones is 1. The zero-order valence-electron chi connectivity index (χ0n) is 18.8. The van der Waals surface area contributed by atoms with E-state index >= 15 is 0 Å². The number of amides is 1. The van der Waals surface area contributed by atoms with Gasteiger partial charge in [0.15, 0.2) is 5.78 Å². The van der Waals surface area contributed by atoms with E-state index in [-0.39, 0.29) is 30.1 Å². The molecule has 180 valence electrons. The summed E-state index contributed by atoms with van der Waals surface area (Å²) in [6, 6.07) is 9.17. The highest BCUT2D eigenvalue weighted by molar-refractivity contribution is 6.35. The molecule has 0 bridgehead atoms. The number of hydrogen-bond donors (Lipinski definition) is 1. The highest BCUT2D eigenvalue weighted by Crippen LogP contribution is 2.49. The third kappa shape index (κ3) is 4.57. The number of halogens is 2. The maximum Gasteiger partial charge on any atom is 0.337 e. The maximum absolute atomic E-state index is 13.5. The first kappa shape index (κ1) is 25.8. The van der Waals surface area contributed by atoms with Crippen LogP contribution in [-0.2, 0) is 14.3 Å². The summed E-state index contributed by atoms with van der Waals surface area (Å²) in [4.78, 5) is 40.4. The number of carbonyl (C=O) groups excluding carboxylic acids is 3. The number of hydrogen-bond acceptors (Lipinski definition) is 5. The number of anilines is 2. The van der Waals surface area contributed by atoms with E-state index in [0.29, 0.717) is 45.4 Å². The quantitative estimate of drug-likeness (QED) is 0.469. The van der Waals surface area contributed by atoms with Gasteiger partial charge in [-0.15, -0.1) is 0 Å². The number of Topliss-reactive ketones (excluding diaryl/α,β-unsaturated/α-hetero) is 1. The SMILES string of the molecule is C.COC(=O)c1ccc2c(c1)N(C(C)=O)C(c1ccc(Cl)cc1Cl)C1=C(CC(C)(C)CC1=O)N2. The van der Waals surface area contributed by atoms with Crippen molar-refractivity contribution in [2.75, 3.05) is 17.3 Å². The second kappa shape index (κ2) is 9.43. The first-order valence-electron chi connectivity index (χ1n) is 10.5. The van der Waals surface area contributed by atoms with E-state index in [0.717, 1.165) is 5.70 Å². The molecule has 1 N–H and O–H groups in total. The van der Waals surface area contributed by atoms with Gasteiger partial charge in [0.2, 0.25) is 5.91 Å². The number of rotatable bonds is 2. The molecule has 34 heavy (non-hydrogen) atoms. The number of benzene rings is 2. The highest BCUT2D eigenvalue weighted by atomic mass is 35.5. The summed E-state index contributed by atoms with van der Waals surface area (Å²) >= 11 is 12.7. The minimum absolute atomic E-state index is 0. The fraction of sp³-hybridized carbons (Fsp3) is 0.346. The number of nitrogens with one attached hydrogen (secondary N) is 1. The van der Waals surface area contributed by atoms with Gasteiger partial charge in [-0.1, -0.05) is 50.5 Å². The molecule has 1 heterocycles. The Morgan fingerprint density at radius 1 is 1.12 bits per heavy atom. The Morgan fingerprint density at radius 2 is 1.82 bits per heavy atom. The lowest BCUT2D eigenvalue weighted by Crippen LogP contribution is -2.38. The molecule has 0 spiro atoms. The smallest absolute Gasteiger partial charge is 0.337 e. The molecule has 0 saturated carbocycles. The Balaban J connectivity index is 0.00000324. The molecule has 0 saturated heterocycles. The van der Waals surface area contributed by atoms with Crippen LogP contribution in [0.25, 0.3) is 0 Å². The summed E-state index contributed by atoms with van der Waals surface area (Å²) in [6.45, 7) is 5.50. The largest absolute Gasteiger partial charge is 0.465 e. The lowest BCUT2D eigenvalue weighted by atomic mass is 9.73. The molecule has 2 aliphatic rings. The minimum Gasteiger partial charge on any atom is -0.465 e. The third-order valence-corrected chi connectivity index (χ3v) is 6.57. The van der Waals surface area contributed by atoms with Crippen LogP contribution in [0.4, 0.5) is 11.4 Å². The molecule has 1 aliphatic heterocycles. The number of ether oxygens (including phenoxy) is 1. The average molecular weight is 503 g/mol. The maximum atomic E-state index is 13.5. The summed E-state index contributed by atoms with van der Waals surface area (Å²) < 4.78 is 4.87. The van der Waals surface area contributed by atoms with Crippen molar-refractivity contribution in [1.29, 1.82) is 0 Å². The molecule has 1 atom stereocenters. The van der Waals surface area contributed by atoms with Crippen LogP contribution in [0, 0.1) is 5.41 Å². The fourth-order valence-electron chi connectivity index (χ4n) is 4.64. The van der Waals surface area contributed by atoms with Gasteiger partial charge in [-0.3, -0.25) is 14.5 Å². The summed E-state index contributed by atoms with van der Waals surface area (Å²) in [6.07, 6.45) is 0.949. The normalized spacial score (nSPS) is 18.7. The molecular weight excluding hydrogens is 475 g/mol. The Kier molecular flexibility index (Phi) is 7.15. The zero-order chi connectivity index (χ0) is 24.1. The Morgan fingerprint density at radius 3 is 2.44 bits per heavy atom. The molecule has 0 fully saturated rings. The summed E-state index contributed by atoms with van der Waals surface area (Å²) in [5.41, 5.74) is 2.92. The highest BCUT2D eigenvalue weighted by Gasteiger charge is 2.43. The van der Waals surface area contributed by atoms with E-state index in [1.807, 2.05) is 13.8 Å². The van der Waals surface area contributed by atoms with E-state index in [4.69, 9.17) is 27.9 Å². The van der Waals surface area contributed by atoms with Crippen molar-refractivity contribution in [2.24, 2.45) is 5.41 Å². The van der Waals surface area contributed by atoms with Gasteiger partial charge >= 0.3 is 5.97 Å². The molecule has 1 amide bonds. The van der Waals surface area contributed by atoms with Crippen molar-refractivity contribution >= 4 is 52.2 Å². The van der Waals surface area contributed by atoms with Gasteiger partial charge in [0.05, 0.1) is 30.1 Å². The van der Waals surface area contributed by atoms with Gasteiger partial charge in [-0.25, -0.2) is 4.79 Å². The van der Waals surface area contributed by atoms with Gasteiger partial charge in [0.1, 0.15) is 0 Å². The Bertz CT molecular complexity index is 1220.